The molecule has 7 heteroatoms. The molecule has 2 aromatic rings. The van der Waals surface area contributed by atoms with Crippen LogP contribution in [0, 0.1) is 5.92 Å². The van der Waals surface area contributed by atoms with E-state index in [-0.39, 0.29) is 30.5 Å². The Morgan fingerprint density at radius 1 is 1.09 bits per heavy atom. The number of hydrogen-bond acceptors (Lipinski definition) is 2. The molecule has 1 saturated carbocycles. The highest BCUT2D eigenvalue weighted by molar-refractivity contribution is 5.24. The van der Waals surface area contributed by atoms with Gasteiger partial charge in [0.15, 0.2) is 17.8 Å². The number of hydrogen-bond donors (Lipinski definition) is 0. The van der Waals surface area contributed by atoms with Crippen molar-refractivity contribution in [1.29, 1.82) is 0 Å². The molecular formula is C15H13F4N3. The van der Waals surface area contributed by atoms with E-state index in [1.165, 1.54) is 4.68 Å². The van der Waals surface area contributed by atoms with Crippen LogP contribution in [0.25, 0.3) is 0 Å². The predicted octanol–water partition coefficient (Wildman–Crippen LogP) is 3.95. The molecule has 0 radical (unpaired) electrons. The lowest BCUT2D eigenvalue weighted by atomic mass is 10.0. The highest BCUT2D eigenvalue weighted by atomic mass is 19.4. The monoisotopic (exact) mass is 311 g/mol. The fraction of sp³-hybridized carbons (Fsp3) is 0.467. The topological polar surface area (TPSA) is 30.7 Å². The Kier molecular flexibility index (Phi) is 2.83. The second-order valence-electron chi connectivity index (χ2n) is 5.89. The maximum absolute atomic E-state index is 14.1. The van der Waals surface area contributed by atoms with Gasteiger partial charge in [0, 0.05) is 12.3 Å². The number of nitrogens with zero attached hydrogens (tertiary/aromatic N) is 3. The van der Waals surface area contributed by atoms with E-state index in [0.717, 1.165) is 5.56 Å². The second-order valence-corrected chi connectivity index (χ2v) is 5.89. The number of halogens is 4. The summed E-state index contributed by atoms with van der Waals surface area (Å²) in [6.07, 6.45) is -5.28. The van der Waals surface area contributed by atoms with Gasteiger partial charge >= 0.3 is 6.18 Å². The molecule has 4 rings (SSSR count). The molecular weight excluding hydrogens is 298 g/mol. The molecule has 1 aliphatic heterocycles. The standard InChI is InChI=1S/C15H13F4N3/c16-11-7-12(8-4-2-1-3-5-8)22-14(11)20-13(21-22)9-6-10(9)15(17,18)19/h1-5,9-12H,6-7H2/t9?,10?,11-,12-/m0/s1. The van der Waals surface area contributed by atoms with Crippen LogP contribution >= 0.6 is 0 Å². The lowest BCUT2D eigenvalue weighted by Crippen LogP contribution is -2.12. The van der Waals surface area contributed by atoms with Gasteiger partial charge in [-0.3, -0.25) is 0 Å². The zero-order valence-corrected chi connectivity index (χ0v) is 11.5. The zero-order valence-electron chi connectivity index (χ0n) is 11.5. The fourth-order valence-corrected chi connectivity index (χ4v) is 3.15. The zero-order chi connectivity index (χ0) is 15.5. The van der Waals surface area contributed by atoms with E-state index < -0.39 is 24.2 Å². The predicted molar refractivity (Wildman–Crippen MR) is 70.0 cm³/mol. The summed E-state index contributed by atoms with van der Waals surface area (Å²) in [5, 5.41) is 4.19. The molecule has 0 amide bonds. The SMILES string of the molecule is F[C@H]1C[C@@H](c2ccccc2)n2nc(C3CC3C(F)(F)F)nc21. The van der Waals surface area contributed by atoms with Crippen LogP contribution in [0.3, 0.4) is 0 Å². The van der Waals surface area contributed by atoms with E-state index in [1.807, 2.05) is 30.3 Å². The first kappa shape index (κ1) is 13.7. The summed E-state index contributed by atoms with van der Waals surface area (Å²) in [6.45, 7) is 0. The minimum atomic E-state index is -4.23. The molecule has 0 N–H and O–H groups in total. The normalized spacial score (nSPS) is 30.4. The lowest BCUT2D eigenvalue weighted by molar-refractivity contribution is -0.148. The first-order valence-corrected chi connectivity index (χ1v) is 7.17. The van der Waals surface area contributed by atoms with E-state index in [1.54, 1.807) is 0 Å². The van der Waals surface area contributed by atoms with Crippen LogP contribution in [0.2, 0.25) is 0 Å². The molecule has 2 unspecified atom stereocenters. The molecule has 1 aromatic carbocycles. The fourth-order valence-electron chi connectivity index (χ4n) is 3.15. The Hall–Kier alpha value is -1.92. The van der Waals surface area contributed by atoms with Crippen LogP contribution < -0.4 is 0 Å². The lowest BCUT2D eigenvalue weighted by Gasteiger charge is -2.11. The molecule has 1 aliphatic carbocycles. The van der Waals surface area contributed by atoms with Gasteiger partial charge in [-0.25, -0.2) is 14.1 Å². The summed E-state index contributed by atoms with van der Waals surface area (Å²) in [5.41, 5.74) is 0.892. The Balaban J connectivity index is 1.65. The van der Waals surface area contributed by atoms with E-state index in [4.69, 9.17) is 0 Å². The summed E-state index contributed by atoms with van der Waals surface area (Å²) in [4.78, 5) is 4.05. The van der Waals surface area contributed by atoms with Gasteiger partial charge in [-0.1, -0.05) is 30.3 Å². The van der Waals surface area contributed by atoms with Crippen LogP contribution in [-0.4, -0.2) is 20.9 Å². The molecule has 0 bridgehead atoms. The third-order valence-corrected chi connectivity index (χ3v) is 4.41. The first-order chi connectivity index (χ1) is 10.4. The quantitative estimate of drug-likeness (QED) is 0.786. The minimum Gasteiger partial charge on any atom is -0.239 e. The average Bonchev–Trinajstić information content (AvgIpc) is 3.09. The van der Waals surface area contributed by atoms with Gasteiger partial charge in [0.1, 0.15) is 0 Å². The first-order valence-electron chi connectivity index (χ1n) is 7.17. The Morgan fingerprint density at radius 3 is 2.45 bits per heavy atom. The van der Waals surface area contributed by atoms with E-state index in [2.05, 4.69) is 10.1 Å². The van der Waals surface area contributed by atoms with Crippen molar-refractivity contribution in [2.24, 2.45) is 5.92 Å². The van der Waals surface area contributed by atoms with Crippen LogP contribution in [0.1, 0.15) is 48.2 Å². The van der Waals surface area contributed by atoms with Crippen LogP contribution in [0.4, 0.5) is 17.6 Å². The van der Waals surface area contributed by atoms with Crippen LogP contribution in [0.15, 0.2) is 30.3 Å². The third-order valence-electron chi connectivity index (χ3n) is 4.41. The van der Waals surface area contributed by atoms with Gasteiger partial charge in [-0.05, 0) is 12.0 Å². The molecule has 1 fully saturated rings. The molecule has 116 valence electrons. The number of alkyl halides is 4. The summed E-state index contributed by atoms with van der Waals surface area (Å²) in [7, 11) is 0. The van der Waals surface area contributed by atoms with Crippen molar-refractivity contribution in [2.45, 2.75) is 37.1 Å². The summed E-state index contributed by atoms with van der Waals surface area (Å²) >= 11 is 0. The molecule has 0 spiro atoms. The number of benzene rings is 1. The molecule has 4 atom stereocenters. The van der Waals surface area contributed by atoms with Crippen molar-refractivity contribution in [3.63, 3.8) is 0 Å². The van der Waals surface area contributed by atoms with Gasteiger partial charge in [-0.2, -0.15) is 18.3 Å². The number of rotatable bonds is 2. The highest BCUT2D eigenvalue weighted by Crippen LogP contribution is 2.55. The molecule has 1 aromatic heterocycles. The van der Waals surface area contributed by atoms with E-state index in [0.29, 0.717) is 0 Å². The van der Waals surface area contributed by atoms with Gasteiger partial charge in [0.05, 0.1) is 12.0 Å². The highest BCUT2D eigenvalue weighted by Gasteiger charge is 2.58. The molecule has 2 aliphatic rings. The van der Waals surface area contributed by atoms with E-state index in [9.17, 15) is 17.6 Å². The minimum absolute atomic E-state index is 0.0000899. The van der Waals surface area contributed by atoms with Gasteiger partial charge in [0.25, 0.3) is 0 Å². The van der Waals surface area contributed by atoms with Gasteiger partial charge in [-0.15, -0.1) is 0 Å². The molecule has 22 heavy (non-hydrogen) atoms. The van der Waals surface area contributed by atoms with Crippen molar-refractivity contribution in [2.75, 3.05) is 0 Å². The average molecular weight is 311 g/mol. The van der Waals surface area contributed by atoms with Gasteiger partial charge < -0.3 is 0 Å². The maximum atomic E-state index is 14.1. The molecule has 0 saturated heterocycles. The smallest absolute Gasteiger partial charge is 0.239 e. The summed E-state index contributed by atoms with van der Waals surface area (Å²) in [6, 6.07) is 8.98. The molecule has 2 heterocycles. The Morgan fingerprint density at radius 2 is 1.82 bits per heavy atom. The summed E-state index contributed by atoms with van der Waals surface area (Å²) in [5.74, 6) is -1.83. The largest absolute Gasteiger partial charge is 0.392 e. The molecule has 3 nitrogen and oxygen atoms in total. The van der Waals surface area contributed by atoms with Crippen molar-refractivity contribution < 1.29 is 17.6 Å². The Labute approximate surface area is 124 Å². The third kappa shape index (κ3) is 2.10. The number of aromatic nitrogens is 3. The van der Waals surface area contributed by atoms with Gasteiger partial charge in [0.2, 0.25) is 0 Å². The van der Waals surface area contributed by atoms with E-state index >= 15 is 0 Å². The van der Waals surface area contributed by atoms with Crippen molar-refractivity contribution in [1.82, 2.24) is 14.8 Å². The summed E-state index contributed by atoms with van der Waals surface area (Å²) < 4.78 is 53.6. The van der Waals surface area contributed by atoms with Crippen molar-refractivity contribution >= 4 is 0 Å². The van der Waals surface area contributed by atoms with Crippen LogP contribution in [0.5, 0.6) is 0 Å². The van der Waals surface area contributed by atoms with Crippen LogP contribution in [-0.2, 0) is 0 Å². The maximum Gasteiger partial charge on any atom is 0.392 e. The van der Waals surface area contributed by atoms with Crippen molar-refractivity contribution in [3.05, 3.63) is 47.5 Å². The van der Waals surface area contributed by atoms with Crippen molar-refractivity contribution in [3.8, 4) is 0 Å². The number of fused-ring (bicyclic) bond motifs is 1. The second kappa shape index (κ2) is 4.54. The Bertz CT molecular complexity index is 695.